The first-order chi connectivity index (χ1) is 18.9. The van der Waals surface area contributed by atoms with Crippen LogP contribution >= 0.6 is 11.3 Å². The summed E-state index contributed by atoms with van der Waals surface area (Å²) in [7, 11) is 0. The quantitative estimate of drug-likeness (QED) is 0.323. The van der Waals surface area contributed by atoms with E-state index in [9.17, 15) is 19.5 Å². The van der Waals surface area contributed by atoms with Crippen molar-refractivity contribution < 1.29 is 19.5 Å². The standard InChI is InChI=1S/C29H25N5O4S/c1-2-23(36)33-15-19(14-21(35)16-33)31-27(37)26-25-24-22(12-13-30-28(24)39-26)34(29(38)32-25)20-10-8-18(9-11-20)17-6-4-3-5-7-17/h2-13,19,21,35H,1,14-16H2,(H,31,37)(H,32,38)/t19-,21-/m1/s1. The zero-order chi connectivity index (χ0) is 27.1. The van der Waals surface area contributed by atoms with Gasteiger partial charge in [0.1, 0.15) is 9.71 Å². The van der Waals surface area contributed by atoms with Crippen LogP contribution in [0.1, 0.15) is 16.1 Å². The van der Waals surface area contributed by atoms with Gasteiger partial charge in [-0.15, -0.1) is 11.3 Å². The van der Waals surface area contributed by atoms with Crippen LogP contribution in [0.5, 0.6) is 0 Å². The van der Waals surface area contributed by atoms with Gasteiger partial charge in [0.15, 0.2) is 0 Å². The molecule has 2 aromatic heterocycles. The highest BCUT2D eigenvalue weighted by atomic mass is 32.1. The van der Waals surface area contributed by atoms with Crippen molar-refractivity contribution in [3.05, 3.63) is 84.4 Å². The second kappa shape index (κ2) is 9.97. The number of nitrogens with one attached hydrogen (secondary N) is 2. The van der Waals surface area contributed by atoms with Crippen LogP contribution in [0.2, 0.25) is 0 Å². The molecule has 2 aromatic carbocycles. The summed E-state index contributed by atoms with van der Waals surface area (Å²) in [5, 5.41) is 16.8. The van der Waals surface area contributed by atoms with Crippen LogP contribution in [-0.4, -0.2) is 58.1 Å². The number of amides is 4. The Morgan fingerprint density at radius 1 is 1.08 bits per heavy atom. The molecule has 0 radical (unpaired) electrons. The third-order valence-corrected chi connectivity index (χ3v) is 8.03. The summed E-state index contributed by atoms with van der Waals surface area (Å²) in [5.41, 5.74) is 3.85. The lowest BCUT2D eigenvalue weighted by atomic mass is 10.0. The molecular formula is C29H25N5O4S. The number of benzene rings is 2. The zero-order valence-corrected chi connectivity index (χ0v) is 21.6. The van der Waals surface area contributed by atoms with Crippen LogP contribution in [0.4, 0.5) is 21.9 Å². The maximum absolute atomic E-state index is 13.4. The van der Waals surface area contributed by atoms with Crippen LogP contribution in [-0.2, 0) is 4.79 Å². The van der Waals surface area contributed by atoms with Crippen LogP contribution < -0.4 is 15.5 Å². The Morgan fingerprint density at radius 3 is 2.56 bits per heavy atom. The number of aromatic nitrogens is 1. The fourth-order valence-electron chi connectivity index (χ4n) is 5.17. The van der Waals surface area contributed by atoms with Gasteiger partial charge in [-0.05, 0) is 41.8 Å². The molecule has 2 aliphatic heterocycles. The zero-order valence-electron chi connectivity index (χ0n) is 20.8. The average molecular weight is 540 g/mol. The van der Waals surface area contributed by atoms with Crippen molar-refractivity contribution in [3.8, 4) is 11.1 Å². The average Bonchev–Trinajstić information content (AvgIpc) is 3.32. The van der Waals surface area contributed by atoms with Crippen LogP contribution in [0.3, 0.4) is 0 Å². The molecule has 4 amide bonds. The maximum atomic E-state index is 13.4. The predicted octanol–water partition coefficient (Wildman–Crippen LogP) is 4.52. The van der Waals surface area contributed by atoms with Gasteiger partial charge in [0.05, 0.1) is 28.6 Å². The van der Waals surface area contributed by atoms with Crippen molar-refractivity contribution in [1.29, 1.82) is 0 Å². The van der Waals surface area contributed by atoms with E-state index in [1.165, 1.54) is 22.3 Å². The molecular weight excluding hydrogens is 514 g/mol. The SMILES string of the molecule is C=CC(=O)N1C[C@H](O)C[C@@H](NC(=O)c2sc3nccc4c3c2NC(=O)N4c2ccc(-c3ccccc3)cc2)C1. The highest BCUT2D eigenvalue weighted by molar-refractivity contribution is 7.21. The molecule has 39 heavy (non-hydrogen) atoms. The Balaban J connectivity index is 1.30. The van der Waals surface area contributed by atoms with E-state index in [2.05, 4.69) is 22.2 Å². The molecule has 4 heterocycles. The fourth-order valence-corrected chi connectivity index (χ4v) is 6.19. The lowest BCUT2D eigenvalue weighted by molar-refractivity contribution is -0.129. The number of piperidine rings is 1. The third-order valence-electron chi connectivity index (χ3n) is 6.93. The summed E-state index contributed by atoms with van der Waals surface area (Å²) in [5.74, 6) is -0.701. The molecule has 2 atom stereocenters. The summed E-state index contributed by atoms with van der Waals surface area (Å²) in [6.45, 7) is 3.95. The summed E-state index contributed by atoms with van der Waals surface area (Å²) in [4.78, 5) is 47.3. The molecule has 1 saturated heterocycles. The van der Waals surface area contributed by atoms with Crippen LogP contribution in [0.15, 0.2) is 79.5 Å². The predicted molar refractivity (Wildman–Crippen MR) is 151 cm³/mol. The van der Waals surface area contributed by atoms with Crippen molar-refractivity contribution in [1.82, 2.24) is 15.2 Å². The van der Waals surface area contributed by atoms with E-state index in [-0.39, 0.29) is 25.0 Å². The Kier molecular flexibility index (Phi) is 6.34. The number of hydrogen-bond donors (Lipinski definition) is 3. The molecule has 3 N–H and O–H groups in total. The fraction of sp³-hybridized carbons (Fsp3) is 0.172. The van der Waals surface area contributed by atoms with Crippen molar-refractivity contribution >= 4 is 56.5 Å². The monoisotopic (exact) mass is 539 g/mol. The summed E-state index contributed by atoms with van der Waals surface area (Å²) in [6, 6.07) is 18.6. The van der Waals surface area contributed by atoms with Crippen LogP contribution in [0.25, 0.3) is 21.3 Å². The number of rotatable bonds is 5. The Hall–Kier alpha value is -4.54. The van der Waals surface area contributed by atoms with Gasteiger partial charge < -0.3 is 20.6 Å². The van der Waals surface area contributed by atoms with E-state index in [0.29, 0.717) is 38.6 Å². The summed E-state index contributed by atoms with van der Waals surface area (Å²) in [6.07, 6.45) is 2.37. The molecule has 0 unspecified atom stereocenters. The number of urea groups is 1. The largest absolute Gasteiger partial charge is 0.391 e. The number of aliphatic hydroxyl groups excluding tert-OH is 1. The molecule has 2 aliphatic rings. The lowest BCUT2D eigenvalue weighted by Gasteiger charge is -2.35. The minimum absolute atomic E-state index is 0.191. The number of carbonyl (C=O) groups is 3. The molecule has 10 heteroatoms. The van der Waals surface area contributed by atoms with E-state index < -0.39 is 18.1 Å². The summed E-state index contributed by atoms with van der Waals surface area (Å²) >= 11 is 1.19. The number of carbonyl (C=O) groups excluding carboxylic acids is 3. The number of aliphatic hydroxyl groups is 1. The van der Waals surface area contributed by atoms with Gasteiger partial charge in [0.2, 0.25) is 5.91 Å². The van der Waals surface area contributed by atoms with Gasteiger partial charge >= 0.3 is 6.03 Å². The van der Waals surface area contributed by atoms with Crippen molar-refractivity contribution in [3.63, 3.8) is 0 Å². The topological polar surface area (TPSA) is 115 Å². The van der Waals surface area contributed by atoms with Gasteiger partial charge in [-0.1, -0.05) is 49.0 Å². The Morgan fingerprint density at radius 2 is 1.82 bits per heavy atom. The van der Waals surface area contributed by atoms with E-state index in [1.54, 1.807) is 17.2 Å². The lowest BCUT2D eigenvalue weighted by Crippen LogP contribution is -2.54. The summed E-state index contributed by atoms with van der Waals surface area (Å²) < 4.78 is 0. The van der Waals surface area contributed by atoms with E-state index in [4.69, 9.17) is 0 Å². The van der Waals surface area contributed by atoms with Crippen molar-refractivity contribution in [2.24, 2.45) is 0 Å². The number of pyridine rings is 1. The first kappa shape index (κ1) is 24.8. The Labute approximate surface area is 228 Å². The molecule has 0 bridgehead atoms. The number of hydrogen-bond acceptors (Lipinski definition) is 6. The Bertz CT molecular complexity index is 1600. The maximum Gasteiger partial charge on any atom is 0.331 e. The third kappa shape index (κ3) is 4.53. The second-order valence-corrected chi connectivity index (χ2v) is 10.5. The van der Waals surface area contributed by atoms with E-state index in [1.807, 2.05) is 54.6 Å². The first-order valence-corrected chi connectivity index (χ1v) is 13.3. The normalized spacial score (nSPS) is 18.5. The highest BCUT2D eigenvalue weighted by Gasteiger charge is 2.34. The number of anilines is 3. The number of likely N-dealkylation sites (tertiary alicyclic amines) is 1. The first-order valence-electron chi connectivity index (χ1n) is 12.5. The van der Waals surface area contributed by atoms with Crippen LogP contribution in [0, 0.1) is 0 Å². The number of thiophene rings is 1. The van der Waals surface area contributed by atoms with E-state index >= 15 is 0 Å². The molecule has 0 spiro atoms. The van der Waals surface area contributed by atoms with Crippen molar-refractivity contribution in [2.45, 2.75) is 18.6 Å². The van der Waals surface area contributed by atoms with Gasteiger partial charge in [-0.25, -0.2) is 9.78 Å². The minimum Gasteiger partial charge on any atom is -0.391 e. The number of β-amino-alcohol motifs (C(OH)–C–C–N with tert-alkyl or cyclic N) is 1. The van der Waals surface area contributed by atoms with Gasteiger partial charge in [0, 0.05) is 25.3 Å². The molecule has 0 aliphatic carbocycles. The molecule has 0 saturated carbocycles. The van der Waals surface area contributed by atoms with Gasteiger partial charge in [0.25, 0.3) is 5.91 Å². The molecule has 4 aromatic rings. The van der Waals surface area contributed by atoms with Crippen molar-refractivity contribution in [2.75, 3.05) is 23.3 Å². The minimum atomic E-state index is -0.761. The second-order valence-electron chi connectivity index (χ2n) is 9.50. The molecule has 196 valence electrons. The smallest absolute Gasteiger partial charge is 0.331 e. The highest BCUT2D eigenvalue weighted by Crippen LogP contribution is 2.45. The number of nitrogens with zero attached hydrogens (tertiary/aromatic N) is 3. The van der Waals surface area contributed by atoms with E-state index in [0.717, 1.165) is 11.1 Å². The molecule has 6 rings (SSSR count). The van der Waals surface area contributed by atoms with Gasteiger partial charge in [-0.2, -0.15) is 0 Å². The van der Waals surface area contributed by atoms with Gasteiger partial charge in [-0.3, -0.25) is 14.5 Å². The molecule has 1 fully saturated rings. The molecule has 9 nitrogen and oxygen atoms in total.